The second-order valence-electron chi connectivity index (χ2n) is 10.3. The van der Waals surface area contributed by atoms with E-state index >= 15 is 0 Å². The van der Waals surface area contributed by atoms with Crippen molar-refractivity contribution >= 4 is 10.9 Å². The Kier molecular flexibility index (Phi) is 5.65. The molecule has 0 aliphatic carbocycles. The standard InChI is InChI=1S/C33H28N4/c1-33(2,3)26-18-19-28-25(22-26)20-21-37(28)29-17-11-10-16-27(29)32-35-30(23-12-6-4-7-13-23)34-31(36-32)24-14-8-5-9-15-24/h4-22H,1-3H3. The third-order valence-corrected chi connectivity index (χ3v) is 6.66. The quantitative estimate of drug-likeness (QED) is 0.256. The predicted molar refractivity (Wildman–Crippen MR) is 152 cm³/mol. The van der Waals surface area contributed by atoms with Crippen LogP contribution < -0.4 is 0 Å². The van der Waals surface area contributed by atoms with Gasteiger partial charge in [-0.1, -0.05) is 99.6 Å². The maximum Gasteiger partial charge on any atom is 0.166 e. The minimum Gasteiger partial charge on any atom is -0.316 e. The Balaban J connectivity index is 1.54. The molecule has 4 nitrogen and oxygen atoms in total. The molecule has 0 bridgehead atoms. The number of benzene rings is 4. The van der Waals surface area contributed by atoms with Crippen molar-refractivity contribution in [2.75, 3.05) is 0 Å². The molecular weight excluding hydrogens is 452 g/mol. The van der Waals surface area contributed by atoms with Crippen LogP contribution in [0.25, 0.3) is 50.8 Å². The maximum absolute atomic E-state index is 4.96. The molecule has 0 saturated carbocycles. The molecule has 0 unspecified atom stereocenters. The lowest BCUT2D eigenvalue weighted by atomic mass is 9.86. The highest BCUT2D eigenvalue weighted by molar-refractivity contribution is 5.85. The normalized spacial score (nSPS) is 11.6. The van der Waals surface area contributed by atoms with Crippen LogP contribution in [0, 0.1) is 0 Å². The number of rotatable bonds is 4. The number of para-hydroxylation sites is 1. The molecule has 0 atom stereocenters. The summed E-state index contributed by atoms with van der Waals surface area (Å²) in [5.74, 6) is 1.97. The van der Waals surface area contributed by atoms with E-state index in [4.69, 9.17) is 15.0 Å². The van der Waals surface area contributed by atoms with Crippen molar-refractivity contribution in [1.29, 1.82) is 0 Å². The first kappa shape index (κ1) is 22.9. The molecule has 0 amide bonds. The second-order valence-corrected chi connectivity index (χ2v) is 10.3. The van der Waals surface area contributed by atoms with Gasteiger partial charge in [-0.3, -0.25) is 0 Å². The first-order chi connectivity index (χ1) is 18.0. The van der Waals surface area contributed by atoms with Crippen molar-refractivity contribution in [3.63, 3.8) is 0 Å². The van der Waals surface area contributed by atoms with Gasteiger partial charge in [0.2, 0.25) is 0 Å². The van der Waals surface area contributed by atoms with E-state index in [9.17, 15) is 0 Å². The zero-order valence-corrected chi connectivity index (χ0v) is 21.3. The molecule has 0 N–H and O–H groups in total. The highest BCUT2D eigenvalue weighted by Gasteiger charge is 2.18. The topological polar surface area (TPSA) is 43.6 Å². The van der Waals surface area contributed by atoms with E-state index in [1.54, 1.807) is 0 Å². The summed E-state index contributed by atoms with van der Waals surface area (Å²) in [5, 5.41) is 1.22. The van der Waals surface area contributed by atoms with E-state index in [0.717, 1.165) is 27.9 Å². The Labute approximate surface area is 217 Å². The van der Waals surface area contributed by atoms with Gasteiger partial charge in [-0.25, -0.2) is 15.0 Å². The molecule has 0 saturated heterocycles. The van der Waals surface area contributed by atoms with Crippen molar-refractivity contribution in [3.8, 4) is 39.9 Å². The van der Waals surface area contributed by atoms with Gasteiger partial charge in [-0.2, -0.15) is 0 Å². The Morgan fingerprint density at radius 2 is 1.14 bits per heavy atom. The zero-order valence-electron chi connectivity index (χ0n) is 21.3. The van der Waals surface area contributed by atoms with Gasteiger partial charge in [0.1, 0.15) is 0 Å². The lowest BCUT2D eigenvalue weighted by molar-refractivity contribution is 0.591. The molecule has 0 radical (unpaired) electrons. The molecule has 37 heavy (non-hydrogen) atoms. The predicted octanol–water partition coefficient (Wildman–Crippen LogP) is 8.11. The highest BCUT2D eigenvalue weighted by Crippen LogP contribution is 2.32. The molecule has 0 aliphatic heterocycles. The third-order valence-electron chi connectivity index (χ3n) is 6.66. The minimum atomic E-state index is 0.0980. The first-order valence-electron chi connectivity index (χ1n) is 12.6. The van der Waals surface area contributed by atoms with Crippen molar-refractivity contribution < 1.29 is 0 Å². The van der Waals surface area contributed by atoms with Crippen LogP contribution in [0.2, 0.25) is 0 Å². The lowest BCUT2D eigenvalue weighted by Gasteiger charge is -2.19. The summed E-state index contributed by atoms with van der Waals surface area (Å²) >= 11 is 0. The molecule has 2 heterocycles. The number of aromatic nitrogens is 4. The van der Waals surface area contributed by atoms with Gasteiger partial charge in [0.05, 0.1) is 11.2 Å². The molecule has 4 aromatic carbocycles. The number of nitrogens with zero attached hydrogens (tertiary/aromatic N) is 4. The molecule has 0 spiro atoms. The summed E-state index contributed by atoms with van der Waals surface area (Å²) in [7, 11) is 0. The van der Waals surface area contributed by atoms with Gasteiger partial charge in [-0.05, 0) is 41.3 Å². The molecule has 6 aromatic rings. The van der Waals surface area contributed by atoms with Gasteiger partial charge >= 0.3 is 0 Å². The fourth-order valence-corrected chi connectivity index (χ4v) is 4.62. The number of hydrogen-bond donors (Lipinski definition) is 0. The Morgan fingerprint density at radius 3 is 1.76 bits per heavy atom. The Hall–Kier alpha value is -4.57. The van der Waals surface area contributed by atoms with E-state index in [1.807, 2.05) is 66.7 Å². The van der Waals surface area contributed by atoms with Crippen molar-refractivity contribution in [2.45, 2.75) is 26.2 Å². The fourth-order valence-electron chi connectivity index (χ4n) is 4.62. The fraction of sp³-hybridized carbons (Fsp3) is 0.121. The van der Waals surface area contributed by atoms with Gasteiger partial charge in [0.15, 0.2) is 17.5 Å². The van der Waals surface area contributed by atoms with E-state index in [-0.39, 0.29) is 5.41 Å². The average molecular weight is 481 g/mol. The molecule has 180 valence electrons. The smallest absolute Gasteiger partial charge is 0.166 e. The van der Waals surface area contributed by atoms with Crippen LogP contribution in [0.3, 0.4) is 0 Å². The lowest BCUT2D eigenvalue weighted by Crippen LogP contribution is -2.10. The maximum atomic E-state index is 4.96. The molecule has 0 fully saturated rings. The van der Waals surface area contributed by atoms with Crippen LogP contribution >= 0.6 is 0 Å². The zero-order chi connectivity index (χ0) is 25.4. The summed E-state index contributed by atoms with van der Waals surface area (Å²) in [6.07, 6.45) is 2.13. The van der Waals surface area contributed by atoms with E-state index in [2.05, 4.69) is 74.0 Å². The van der Waals surface area contributed by atoms with Gasteiger partial charge < -0.3 is 4.57 Å². The van der Waals surface area contributed by atoms with Gasteiger partial charge in [-0.15, -0.1) is 0 Å². The number of hydrogen-bond acceptors (Lipinski definition) is 3. The Morgan fingerprint density at radius 1 is 0.568 bits per heavy atom. The van der Waals surface area contributed by atoms with Gasteiger partial charge in [0.25, 0.3) is 0 Å². The van der Waals surface area contributed by atoms with Crippen molar-refractivity contribution in [3.05, 3.63) is 121 Å². The van der Waals surface area contributed by atoms with E-state index in [0.29, 0.717) is 17.5 Å². The van der Waals surface area contributed by atoms with Crippen LogP contribution in [0.15, 0.2) is 115 Å². The van der Waals surface area contributed by atoms with E-state index in [1.165, 1.54) is 10.9 Å². The van der Waals surface area contributed by atoms with Crippen LogP contribution in [0.1, 0.15) is 26.3 Å². The first-order valence-corrected chi connectivity index (χ1v) is 12.6. The van der Waals surface area contributed by atoms with Gasteiger partial charge in [0, 0.05) is 28.3 Å². The second kappa shape index (κ2) is 9.14. The molecule has 4 heteroatoms. The number of fused-ring (bicyclic) bond motifs is 1. The van der Waals surface area contributed by atoms with Crippen LogP contribution in [-0.2, 0) is 5.41 Å². The van der Waals surface area contributed by atoms with Crippen LogP contribution in [0.5, 0.6) is 0 Å². The summed E-state index contributed by atoms with van der Waals surface area (Å²) < 4.78 is 2.23. The minimum absolute atomic E-state index is 0.0980. The van der Waals surface area contributed by atoms with Crippen molar-refractivity contribution in [2.24, 2.45) is 0 Å². The molecule has 6 rings (SSSR count). The summed E-state index contributed by atoms with van der Waals surface area (Å²) in [4.78, 5) is 14.8. The summed E-state index contributed by atoms with van der Waals surface area (Å²) in [6, 6.07) is 37.4. The largest absolute Gasteiger partial charge is 0.316 e. The van der Waals surface area contributed by atoms with E-state index < -0.39 is 0 Å². The Bertz CT molecular complexity index is 1640. The van der Waals surface area contributed by atoms with Crippen LogP contribution in [-0.4, -0.2) is 19.5 Å². The molecule has 2 aromatic heterocycles. The third kappa shape index (κ3) is 4.43. The average Bonchev–Trinajstić information content (AvgIpc) is 3.37. The van der Waals surface area contributed by atoms with Crippen molar-refractivity contribution in [1.82, 2.24) is 19.5 Å². The SMILES string of the molecule is CC(C)(C)c1ccc2c(ccn2-c2ccccc2-c2nc(-c3ccccc3)nc(-c3ccccc3)n2)c1. The molecule has 0 aliphatic rings. The summed E-state index contributed by atoms with van der Waals surface area (Å²) in [6.45, 7) is 6.74. The summed E-state index contributed by atoms with van der Waals surface area (Å²) in [5.41, 5.74) is 6.48. The monoisotopic (exact) mass is 480 g/mol. The molecular formula is C33H28N4. The highest BCUT2D eigenvalue weighted by atomic mass is 15.0. The van der Waals surface area contributed by atoms with Crippen LogP contribution in [0.4, 0.5) is 0 Å².